The van der Waals surface area contributed by atoms with Crippen molar-refractivity contribution in [3.05, 3.63) is 42.0 Å². The summed E-state index contributed by atoms with van der Waals surface area (Å²) in [4.78, 5) is 33.3. The number of anilines is 1. The van der Waals surface area contributed by atoms with Gasteiger partial charge in [0.05, 0.1) is 31.9 Å². The number of oxime groups is 1. The van der Waals surface area contributed by atoms with E-state index < -0.39 is 5.91 Å². The summed E-state index contributed by atoms with van der Waals surface area (Å²) in [6.45, 7) is 3.64. The molecule has 0 radical (unpaired) electrons. The summed E-state index contributed by atoms with van der Waals surface area (Å²) in [5.41, 5.74) is 1.17. The molecular weight excluding hydrogens is 468 g/mol. The minimum Gasteiger partial charge on any atom is -0.481 e. The van der Waals surface area contributed by atoms with Crippen LogP contribution in [0.4, 0.5) is 5.13 Å². The molecule has 2 heterocycles. The molecule has 176 valence electrons. The van der Waals surface area contributed by atoms with Crippen LogP contribution in [0.1, 0.15) is 25.8 Å². The monoisotopic (exact) mass is 492 g/mol. The normalized spacial score (nSPS) is 12.5. The van der Waals surface area contributed by atoms with Crippen molar-refractivity contribution in [2.45, 2.75) is 31.3 Å². The third kappa shape index (κ3) is 7.11. The highest BCUT2D eigenvalue weighted by Crippen LogP contribution is 2.26. The Bertz CT molecular complexity index is 1090. The molecule has 0 spiro atoms. The van der Waals surface area contributed by atoms with E-state index >= 15 is 0 Å². The van der Waals surface area contributed by atoms with E-state index in [1.54, 1.807) is 36.4 Å². The third-order valence-electron chi connectivity index (χ3n) is 4.25. The second-order valence-corrected chi connectivity index (χ2v) is 8.39. The highest BCUT2D eigenvalue weighted by molar-refractivity contribution is 7.94. The lowest BCUT2D eigenvalue weighted by molar-refractivity contribution is -0.226. The predicted molar refractivity (Wildman–Crippen MR) is 126 cm³/mol. The van der Waals surface area contributed by atoms with E-state index in [1.165, 1.54) is 18.4 Å². The molecule has 0 saturated heterocycles. The maximum Gasteiger partial charge on any atom is 0.280 e. The molecule has 1 unspecified atom stereocenters. The number of aliphatic hydroxyl groups excluding tert-OH is 1. The first-order valence-corrected chi connectivity index (χ1v) is 11.6. The minimum atomic E-state index is -0.518. The zero-order valence-corrected chi connectivity index (χ0v) is 19.9. The van der Waals surface area contributed by atoms with Crippen LogP contribution in [0.3, 0.4) is 0 Å². The van der Waals surface area contributed by atoms with E-state index in [0.717, 1.165) is 23.4 Å². The van der Waals surface area contributed by atoms with Gasteiger partial charge in [-0.2, -0.15) is 4.33 Å². The lowest BCUT2D eigenvalue weighted by Crippen LogP contribution is -2.24. The molecule has 10 nitrogen and oxygen atoms in total. The van der Waals surface area contributed by atoms with Gasteiger partial charge in [-0.05, 0) is 31.5 Å². The van der Waals surface area contributed by atoms with Crippen LogP contribution in [-0.4, -0.2) is 53.1 Å². The van der Waals surface area contributed by atoms with Crippen molar-refractivity contribution >= 4 is 50.5 Å². The molecule has 0 aliphatic carbocycles. The highest BCUT2D eigenvalue weighted by atomic mass is 32.2. The van der Waals surface area contributed by atoms with Crippen LogP contribution in [0.15, 0.2) is 46.4 Å². The molecule has 2 aromatic heterocycles. The number of ether oxygens (including phenoxy) is 1. The van der Waals surface area contributed by atoms with Crippen molar-refractivity contribution in [3.63, 3.8) is 0 Å². The molecule has 0 saturated carbocycles. The van der Waals surface area contributed by atoms with Crippen molar-refractivity contribution in [2.24, 2.45) is 5.16 Å². The Balaban J connectivity index is 1.73. The van der Waals surface area contributed by atoms with Gasteiger partial charge in [0.15, 0.2) is 10.8 Å². The molecule has 0 aliphatic heterocycles. The van der Waals surface area contributed by atoms with E-state index in [4.69, 9.17) is 23.9 Å². The van der Waals surface area contributed by atoms with Gasteiger partial charge in [-0.15, -0.1) is 0 Å². The van der Waals surface area contributed by atoms with Gasteiger partial charge in [0.1, 0.15) is 17.0 Å². The van der Waals surface area contributed by atoms with Gasteiger partial charge in [0.25, 0.3) is 5.91 Å². The number of rotatable bonds is 12. The standard InChI is InChI=1S/C21H24N4O6S2/c1-4-13(2)30-31-33-15-7-5-14(6-8-15)18(25-29-12-11-26)19(27)24-21-22-16-9-10-17(28-3)23-20(16)32-21/h5-10,13,26H,4,11-12H2,1-3H3,(H,22,24,27)/b25-18+. The predicted octanol–water partition coefficient (Wildman–Crippen LogP) is 3.81. The van der Waals surface area contributed by atoms with Gasteiger partial charge in [-0.3, -0.25) is 10.1 Å². The lowest BCUT2D eigenvalue weighted by atomic mass is 10.1. The SMILES string of the molecule is CCC(C)OOSc1ccc(/C(=N\OCCO)C(=O)Nc2nc3ccc(OC)nc3s2)cc1. The van der Waals surface area contributed by atoms with Gasteiger partial charge < -0.3 is 14.7 Å². The minimum absolute atomic E-state index is 0.0123. The molecule has 2 N–H and O–H groups in total. The van der Waals surface area contributed by atoms with Crippen LogP contribution in [0.2, 0.25) is 0 Å². The maximum absolute atomic E-state index is 13.0. The summed E-state index contributed by atoms with van der Waals surface area (Å²) in [5.74, 6) is -0.0594. The number of carbonyl (C=O) groups is 1. The van der Waals surface area contributed by atoms with E-state index in [-0.39, 0.29) is 25.0 Å². The number of methoxy groups -OCH3 is 1. The summed E-state index contributed by atoms with van der Waals surface area (Å²) < 4.78 is 10.3. The number of thiazole rings is 1. The second kappa shape index (κ2) is 12.5. The van der Waals surface area contributed by atoms with Gasteiger partial charge in [-0.25, -0.2) is 14.9 Å². The van der Waals surface area contributed by atoms with Crippen LogP contribution in [0.25, 0.3) is 10.3 Å². The van der Waals surface area contributed by atoms with Crippen molar-refractivity contribution in [1.82, 2.24) is 9.97 Å². The molecule has 1 amide bonds. The summed E-state index contributed by atoms with van der Waals surface area (Å²) >= 11 is 2.28. The topological polar surface area (TPSA) is 124 Å². The number of carbonyl (C=O) groups excluding carboxylic acids is 1. The van der Waals surface area contributed by atoms with E-state index in [0.29, 0.717) is 26.9 Å². The smallest absolute Gasteiger partial charge is 0.280 e. The first-order chi connectivity index (χ1) is 16.0. The first kappa shape index (κ1) is 24.9. The first-order valence-electron chi connectivity index (χ1n) is 10.1. The van der Waals surface area contributed by atoms with Crippen molar-refractivity contribution < 1.29 is 28.7 Å². The maximum atomic E-state index is 13.0. The molecule has 33 heavy (non-hydrogen) atoms. The Kier molecular flexibility index (Phi) is 9.39. The van der Waals surface area contributed by atoms with Crippen LogP contribution in [0.5, 0.6) is 5.88 Å². The Labute approximate surface area is 199 Å². The Morgan fingerprint density at radius 2 is 2.03 bits per heavy atom. The molecule has 0 fully saturated rings. The molecule has 12 heteroatoms. The van der Waals surface area contributed by atoms with Gasteiger partial charge in [0, 0.05) is 16.5 Å². The van der Waals surface area contributed by atoms with Gasteiger partial charge in [-0.1, -0.05) is 35.5 Å². The number of aliphatic hydroxyl groups is 1. The molecule has 0 bridgehead atoms. The number of nitrogens with zero attached hydrogens (tertiary/aromatic N) is 3. The van der Waals surface area contributed by atoms with Crippen LogP contribution >= 0.6 is 23.4 Å². The Morgan fingerprint density at radius 1 is 1.24 bits per heavy atom. The quantitative estimate of drug-likeness (QED) is 0.128. The Morgan fingerprint density at radius 3 is 2.73 bits per heavy atom. The zero-order chi connectivity index (χ0) is 23.6. The summed E-state index contributed by atoms with van der Waals surface area (Å²) in [7, 11) is 1.53. The van der Waals surface area contributed by atoms with Crippen molar-refractivity contribution in [3.8, 4) is 5.88 Å². The molecule has 3 rings (SSSR count). The van der Waals surface area contributed by atoms with Crippen LogP contribution in [-0.2, 0) is 18.9 Å². The van der Waals surface area contributed by atoms with Crippen LogP contribution < -0.4 is 10.1 Å². The molecule has 3 aromatic rings. The number of nitrogens with one attached hydrogen (secondary N) is 1. The highest BCUT2D eigenvalue weighted by Gasteiger charge is 2.18. The number of benzene rings is 1. The number of hydrogen-bond acceptors (Lipinski definition) is 11. The van der Waals surface area contributed by atoms with E-state index in [1.807, 2.05) is 13.8 Å². The largest absolute Gasteiger partial charge is 0.481 e. The van der Waals surface area contributed by atoms with Crippen molar-refractivity contribution in [1.29, 1.82) is 0 Å². The second-order valence-electron chi connectivity index (χ2n) is 6.64. The molecule has 1 aromatic carbocycles. The van der Waals surface area contributed by atoms with Gasteiger partial charge in [0.2, 0.25) is 5.88 Å². The average molecular weight is 493 g/mol. The summed E-state index contributed by atoms with van der Waals surface area (Å²) in [6, 6.07) is 10.4. The lowest BCUT2D eigenvalue weighted by Gasteiger charge is -2.09. The fraction of sp³-hybridized carbons (Fsp3) is 0.333. The number of fused-ring (bicyclic) bond motifs is 1. The average Bonchev–Trinajstić information content (AvgIpc) is 3.23. The third-order valence-corrected chi connectivity index (χ3v) is 5.74. The van der Waals surface area contributed by atoms with E-state index in [2.05, 4.69) is 20.4 Å². The molecule has 0 aliphatic rings. The fourth-order valence-corrected chi connectivity index (χ4v) is 3.69. The van der Waals surface area contributed by atoms with Crippen LogP contribution in [0, 0.1) is 0 Å². The summed E-state index contributed by atoms with van der Waals surface area (Å²) in [5, 5.41) is 16.0. The van der Waals surface area contributed by atoms with Gasteiger partial charge >= 0.3 is 0 Å². The van der Waals surface area contributed by atoms with Crippen molar-refractivity contribution in [2.75, 3.05) is 25.6 Å². The Hall–Kier alpha value is -2.77. The van der Waals surface area contributed by atoms with E-state index in [9.17, 15) is 4.79 Å². The number of amides is 1. The summed E-state index contributed by atoms with van der Waals surface area (Å²) in [6.07, 6.45) is 0.822. The zero-order valence-electron chi connectivity index (χ0n) is 18.3. The number of pyridine rings is 1. The fourth-order valence-electron chi connectivity index (χ4n) is 2.36. The number of aromatic nitrogens is 2. The number of hydrogen-bond donors (Lipinski definition) is 2. The molecular formula is C21H24N4O6S2. The molecule has 1 atom stereocenters.